The van der Waals surface area contributed by atoms with Gasteiger partial charge in [0.15, 0.2) is 0 Å². The Morgan fingerprint density at radius 2 is 1.54 bits per heavy atom. The van der Waals surface area contributed by atoms with Gasteiger partial charge in [-0.3, -0.25) is 9.59 Å². The molecule has 0 unspecified atom stereocenters. The molecule has 5 heteroatoms. The Bertz CT molecular complexity index is 1150. The predicted molar refractivity (Wildman–Crippen MR) is 149 cm³/mol. The van der Waals surface area contributed by atoms with Gasteiger partial charge in [-0.1, -0.05) is 72.3 Å². The number of carbonyl (C=O) groups is 2. The van der Waals surface area contributed by atoms with Gasteiger partial charge in [0.05, 0.1) is 6.61 Å². The molecule has 3 aromatic carbocycles. The first kappa shape index (κ1) is 28.0. The van der Waals surface area contributed by atoms with E-state index in [2.05, 4.69) is 5.32 Å². The number of ether oxygens (including phenoxy) is 1. The van der Waals surface area contributed by atoms with E-state index in [1.165, 1.54) is 5.56 Å². The molecule has 3 rings (SSSR count). The van der Waals surface area contributed by atoms with Crippen molar-refractivity contribution in [1.82, 2.24) is 10.2 Å². The Labute approximate surface area is 221 Å². The molecule has 0 bridgehead atoms. The van der Waals surface area contributed by atoms with E-state index in [0.717, 1.165) is 22.4 Å². The third kappa shape index (κ3) is 9.09. The molecule has 0 aromatic heterocycles. The van der Waals surface area contributed by atoms with Crippen molar-refractivity contribution < 1.29 is 14.3 Å². The van der Waals surface area contributed by atoms with Gasteiger partial charge in [0.1, 0.15) is 11.8 Å². The van der Waals surface area contributed by atoms with Crippen LogP contribution in [0.4, 0.5) is 0 Å². The van der Waals surface area contributed by atoms with Crippen LogP contribution in [0.3, 0.4) is 0 Å². The Morgan fingerprint density at radius 1 is 0.892 bits per heavy atom. The summed E-state index contributed by atoms with van der Waals surface area (Å²) in [5, 5.41) is 3.11. The van der Waals surface area contributed by atoms with Gasteiger partial charge in [0.25, 0.3) is 0 Å². The highest BCUT2D eigenvalue weighted by Crippen LogP contribution is 2.19. The van der Waals surface area contributed by atoms with Gasteiger partial charge < -0.3 is 15.0 Å². The van der Waals surface area contributed by atoms with E-state index in [-0.39, 0.29) is 11.8 Å². The maximum absolute atomic E-state index is 13.7. The highest BCUT2D eigenvalue weighted by molar-refractivity contribution is 5.88. The topological polar surface area (TPSA) is 58.6 Å². The first-order valence-corrected chi connectivity index (χ1v) is 13.0. The molecule has 196 valence electrons. The average molecular weight is 501 g/mol. The van der Waals surface area contributed by atoms with Crippen molar-refractivity contribution in [1.29, 1.82) is 0 Å². The number of nitrogens with zero attached hydrogens (tertiary/aromatic N) is 1. The summed E-state index contributed by atoms with van der Waals surface area (Å²) in [5.74, 6) is 0.594. The molecule has 0 aliphatic rings. The lowest BCUT2D eigenvalue weighted by Crippen LogP contribution is -2.54. The summed E-state index contributed by atoms with van der Waals surface area (Å²) in [7, 11) is 0. The molecule has 0 saturated carbocycles. The number of amides is 2. The molecule has 0 saturated heterocycles. The second kappa shape index (κ2) is 13.1. The Hall–Kier alpha value is -3.60. The largest absolute Gasteiger partial charge is 0.494 e. The number of benzene rings is 3. The molecule has 0 aliphatic carbocycles. The molecule has 1 atom stereocenters. The van der Waals surface area contributed by atoms with Crippen molar-refractivity contribution in [2.24, 2.45) is 0 Å². The van der Waals surface area contributed by atoms with E-state index in [0.29, 0.717) is 32.4 Å². The van der Waals surface area contributed by atoms with E-state index in [1.807, 2.05) is 113 Å². The zero-order valence-electron chi connectivity index (χ0n) is 22.8. The van der Waals surface area contributed by atoms with Crippen LogP contribution in [-0.4, -0.2) is 34.9 Å². The lowest BCUT2D eigenvalue weighted by atomic mass is 9.99. The molecule has 5 nitrogen and oxygen atoms in total. The Morgan fingerprint density at radius 3 is 2.19 bits per heavy atom. The van der Waals surface area contributed by atoms with Crippen molar-refractivity contribution in [2.75, 3.05) is 6.61 Å². The summed E-state index contributed by atoms with van der Waals surface area (Å²) in [6.07, 6.45) is 1.31. The minimum absolute atomic E-state index is 0.0549. The van der Waals surface area contributed by atoms with Gasteiger partial charge in [-0.25, -0.2) is 0 Å². The molecule has 3 aromatic rings. The zero-order valence-corrected chi connectivity index (χ0v) is 22.8. The van der Waals surface area contributed by atoms with Gasteiger partial charge in [0, 0.05) is 24.9 Å². The van der Waals surface area contributed by atoms with Crippen molar-refractivity contribution in [3.63, 3.8) is 0 Å². The highest BCUT2D eigenvalue weighted by Gasteiger charge is 2.32. The van der Waals surface area contributed by atoms with Crippen LogP contribution >= 0.6 is 0 Å². The summed E-state index contributed by atoms with van der Waals surface area (Å²) >= 11 is 0. The number of carbonyl (C=O) groups excluding carboxylic acids is 2. The fourth-order valence-electron chi connectivity index (χ4n) is 4.17. The number of hydrogen-bond donors (Lipinski definition) is 1. The van der Waals surface area contributed by atoms with Crippen LogP contribution in [-0.2, 0) is 22.6 Å². The van der Waals surface area contributed by atoms with Gasteiger partial charge in [0.2, 0.25) is 11.8 Å². The van der Waals surface area contributed by atoms with E-state index < -0.39 is 11.6 Å². The van der Waals surface area contributed by atoms with E-state index in [9.17, 15) is 9.59 Å². The Kier molecular flexibility index (Phi) is 9.90. The lowest BCUT2D eigenvalue weighted by Gasteiger charge is -2.34. The van der Waals surface area contributed by atoms with E-state index in [4.69, 9.17) is 4.74 Å². The average Bonchev–Trinajstić information content (AvgIpc) is 2.85. The van der Waals surface area contributed by atoms with Crippen LogP contribution in [0.1, 0.15) is 55.9 Å². The maximum Gasteiger partial charge on any atom is 0.243 e. The highest BCUT2D eigenvalue weighted by atomic mass is 16.5. The van der Waals surface area contributed by atoms with Crippen LogP contribution in [0.15, 0.2) is 78.9 Å². The van der Waals surface area contributed by atoms with Crippen molar-refractivity contribution >= 4 is 11.8 Å². The quantitative estimate of drug-likeness (QED) is 0.328. The van der Waals surface area contributed by atoms with Crippen LogP contribution in [0.25, 0.3) is 0 Å². The van der Waals surface area contributed by atoms with Crippen molar-refractivity contribution in [3.05, 3.63) is 101 Å². The summed E-state index contributed by atoms with van der Waals surface area (Å²) in [6.45, 7) is 10.8. The van der Waals surface area contributed by atoms with Gasteiger partial charge in [-0.2, -0.15) is 0 Å². The molecular formula is C32H40N2O3. The minimum atomic E-state index is -0.633. The van der Waals surface area contributed by atoms with Crippen LogP contribution < -0.4 is 10.1 Å². The van der Waals surface area contributed by atoms with E-state index >= 15 is 0 Å². The minimum Gasteiger partial charge on any atom is -0.494 e. The first-order chi connectivity index (χ1) is 17.6. The zero-order chi connectivity index (χ0) is 26.8. The van der Waals surface area contributed by atoms with Crippen LogP contribution in [0.2, 0.25) is 0 Å². The van der Waals surface area contributed by atoms with Crippen molar-refractivity contribution in [3.8, 4) is 5.75 Å². The number of hydrogen-bond acceptors (Lipinski definition) is 3. The lowest BCUT2D eigenvalue weighted by molar-refractivity contribution is -0.142. The number of aryl methyl sites for hydroxylation is 2. The SMILES string of the molecule is Cc1ccc(OCCCC(=O)N(Cc2ccccc2C)[C@H](Cc2ccccc2)C(=O)NC(C)(C)C)cc1. The third-order valence-electron chi connectivity index (χ3n) is 6.20. The van der Waals surface area contributed by atoms with E-state index in [1.54, 1.807) is 4.90 Å². The molecule has 37 heavy (non-hydrogen) atoms. The number of nitrogens with one attached hydrogen (secondary N) is 1. The summed E-state index contributed by atoms with van der Waals surface area (Å²) in [4.78, 5) is 29.1. The third-order valence-corrected chi connectivity index (χ3v) is 6.20. The standard InChI is InChI=1S/C32H40N2O3/c1-24-17-19-28(20-18-24)37-21-11-16-30(35)34(23-27-15-10-9-12-25(27)2)29(31(36)33-32(3,4)5)22-26-13-7-6-8-14-26/h6-10,12-15,17-20,29H,11,16,21-23H2,1-5H3,(H,33,36)/t29-/m1/s1. The smallest absolute Gasteiger partial charge is 0.243 e. The molecule has 0 spiro atoms. The Balaban J connectivity index is 1.81. The second-order valence-electron chi connectivity index (χ2n) is 10.7. The molecule has 2 amide bonds. The summed E-state index contributed by atoms with van der Waals surface area (Å²) in [6, 6.07) is 25.2. The maximum atomic E-state index is 13.7. The first-order valence-electron chi connectivity index (χ1n) is 13.0. The second-order valence-corrected chi connectivity index (χ2v) is 10.7. The molecular weight excluding hydrogens is 460 g/mol. The molecule has 0 radical (unpaired) electrons. The monoisotopic (exact) mass is 500 g/mol. The fourth-order valence-corrected chi connectivity index (χ4v) is 4.17. The van der Waals surface area contributed by atoms with Gasteiger partial charge >= 0.3 is 0 Å². The molecule has 0 fully saturated rings. The molecule has 1 N–H and O–H groups in total. The fraction of sp³-hybridized carbons (Fsp3) is 0.375. The van der Waals surface area contributed by atoms with Crippen LogP contribution in [0.5, 0.6) is 5.75 Å². The van der Waals surface area contributed by atoms with Crippen molar-refractivity contribution in [2.45, 2.75) is 72.0 Å². The summed E-state index contributed by atoms with van der Waals surface area (Å²) < 4.78 is 5.85. The van der Waals surface area contributed by atoms with Gasteiger partial charge in [-0.15, -0.1) is 0 Å². The molecule has 0 heterocycles. The van der Waals surface area contributed by atoms with Gasteiger partial charge in [-0.05, 0) is 69.9 Å². The van der Waals surface area contributed by atoms with Crippen LogP contribution in [0, 0.1) is 13.8 Å². The predicted octanol–water partition coefficient (Wildman–Crippen LogP) is 6.02. The summed E-state index contributed by atoms with van der Waals surface area (Å²) in [5.41, 5.74) is 3.91. The number of rotatable bonds is 11. The normalized spacial score (nSPS) is 12.0. The molecule has 0 aliphatic heterocycles.